The normalized spacial score (nSPS) is 10.6. The van der Waals surface area contributed by atoms with Gasteiger partial charge in [0.2, 0.25) is 5.91 Å². The molecule has 120 valence electrons. The summed E-state index contributed by atoms with van der Waals surface area (Å²) in [5.41, 5.74) is 1.31. The van der Waals surface area contributed by atoms with Gasteiger partial charge in [-0.1, -0.05) is 52.3 Å². The molecule has 0 fully saturated rings. The van der Waals surface area contributed by atoms with Crippen molar-refractivity contribution in [3.63, 3.8) is 0 Å². The van der Waals surface area contributed by atoms with Crippen LogP contribution in [-0.2, 0) is 16.0 Å². The summed E-state index contributed by atoms with van der Waals surface area (Å²) < 4.78 is 0.863. The Hall–Kier alpha value is -2.91. The number of nitriles is 1. The van der Waals surface area contributed by atoms with E-state index in [1.807, 2.05) is 30.3 Å². The van der Waals surface area contributed by atoms with E-state index in [0.717, 1.165) is 10.0 Å². The molecule has 0 radical (unpaired) electrons. The number of benzene rings is 2. The number of nitrogens with zero attached hydrogens (tertiary/aromatic N) is 1. The van der Waals surface area contributed by atoms with Gasteiger partial charge in [-0.25, -0.2) is 0 Å². The molecule has 0 aliphatic heterocycles. The number of carbonyl (C=O) groups is 2. The monoisotopic (exact) mass is 383 g/mol. The van der Waals surface area contributed by atoms with E-state index >= 15 is 0 Å². The Kier molecular flexibility index (Phi) is 6.29. The second-order valence-corrected chi connectivity index (χ2v) is 5.78. The molecule has 0 aliphatic rings. The zero-order chi connectivity index (χ0) is 17.4. The van der Waals surface area contributed by atoms with Crippen molar-refractivity contribution in [2.75, 3.05) is 5.32 Å². The van der Waals surface area contributed by atoms with Gasteiger partial charge in [-0.15, -0.1) is 0 Å². The van der Waals surface area contributed by atoms with Crippen LogP contribution in [0.1, 0.15) is 5.56 Å². The van der Waals surface area contributed by atoms with Crippen LogP contribution >= 0.6 is 15.9 Å². The van der Waals surface area contributed by atoms with Gasteiger partial charge in [-0.05, 0) is 23.8 Å². The summed E-state index contributed by atoms with van der Waals surface area (Å²) >= 11 is 3.33. The van der Waals surface area contributed by atoms with Gasteiger partial charge in [0.05, 0.1) is 6.42 Å². The van der Waals surface area contributed by atoms with Crippen molar-refractivity contribution in [3.05, 3.63) is 76.4 Å². The lowest BCUT2D eigenvalue weighted by molar-refractivity contribution is -0.127. The van der Waals surface area contributed by atoms with Crippen molar-refractivity contribution in [1.82, 2.24) is 5.32 Å². The molecule has 2 N–H and O–H groups in total. The third-order valence-electron chi connectivity index (χ3n) is 3.03. The minimum atomic E-state index is -0.735. The van der Waals surface area contributed by atoms with Gasteiger partial charge in [0.1, 0.15) is 11.6 Å². The van der Waals surface area contributed by atoms with Crippen molar-refractivity contribution >= 4 is 33.4 Å². The van der Waals surface area contributed by atoms with Gasteiger partial charge in [-0.2, -0.15) is 5.26 Å². The SMILES string of the molecule is N#CC(=CNc1cccc(Br)c1)C(=O)NC(=O)Cc1ccccc1. The number of imide groups is 1. The fourth-order valence-electron chi connectivity index (χ4n) is 1.90. The number of anilines is 1. The molecule has 0 aliphatic carbocycles. The van der Waals surface area contributed by atoms with Crippen molar-refractivity contribution in [1.29, 1.82) is 5.26 Å². The van der Waals surface area contributed by atoms with Gasteiger partial charge >= 0.3 is 0 Å². The van der Waals surface area contributed by atoms with Crippen LogP contribution in [0.15, 0.2) is 70.8 Å². The van der Waals surface area contributed by atoms with E-state index < -0.39 is 11.8 Å². The van der Waals surface area contributed by atoms with E-state index in [2.05, 4.69) is 26.6 Å². The third-order valence-corrected chi connectivity index (χ3v) is 3.53. The van der Waals surface area contributed by atoms with Crippen LogP contribution in [0.25, 0.3) is 0 Å². The van der Waals surface area contributed by atoms with Gasteiger partial charge in [-0.3, -0.25) is 14.9 Å². The first-order chi connectivity index (χ1) is 11.6. The number of rotatable bonds is 5. The fraction of sp³-hybridized carbons (Fsp3) is 0.0556. The lowest BCUT2D eigenvalue weighted by Gasteiger charge is -2.05. The summed E-state index contributed by atoms with van der Waals surface area (Å²) in [4.78, 5) is 23.9. The van der Waals surface area contributed by atoms with Crippen LogP contribution in [0.4, 0.5) is 5.69 Å². The molecular weight excluding hydrogens is 370 g/mol. The number of amides is 2. The van der Waals surface area contributed by atoms with Crippen LogP contribution in [-0.4, -0.2) is 11.8 Å². The number of halogens is 1. The maximum Gasteiger partial charge on any atom is 0.270 e. The van der Waals surface area contributed by atoms with E-state index in [1.165, 1.54) is 6.20 Å². The number of hydrogen-bond donors (Lipinski definition) is 2. The molecule has 6 heteroatoms. The predicted octanol–water partition coefficient (Wildman–Crippen LogP) is 3.15. The van der Waals surface area contributed by atoms with Gasteiger partial charge in [0, 0.05) is 16.4 Å². The topological polar surface area (TPSA) is 82.0 Å². The average molecular weight is 384 g/mol. The molecule has 0 heterocycles. The van der Waals surface area contributed by atoms with Crippen LogP contribution < -0.4 is 10.6 Å². The molecular formula is C18H14BrN3O2. The fourth-order valence-corrected chi connectivity index (χ4v) is 2.30. The molecule has 2 rings (SSSR count). The summed E-state index contributed by atoms with van der Waals surface area (Å²) in [6.07, 6.45) is 1.34. The smallest absolute Gasteiger partial charge is 0.270 e. The Morgan fingerprint density at radius 3 is 2.54 bits per heavy atom. The number of nitrogens with one attached hydrogen (secondary N) is 2. The van der Waals surface area contributed by atoms with Crippen LogP contribution in [0, 0.1) is 11.3 Å². The summed E-state index contributed by atoms with van der Waals surface area (Å²) in [6, 6.07) is 18.1. The maximum absolute atomic E-state index is 12.0. The molecule has 0 saturated carbocycles. The molecule has 2 aromatic carbocycles. The van der Waals surface area contributed by atoms with E-state index in [-0.39, 0.29) is 12.0 Å². The summed E-state index contributed by atoms with van der Waals surface area (Å²) in [7, 11) is 0. The minimum Gasteiger partial charge on any atom is -0.360 e. The van der Waals surface area contributed by atoms with Gasteiger partial charge < -0.3 is 5.32 Å². The maximum atomic E-state index is 12.0. The van der Waals surface area contributed by atoms with Gasteiger partial charge in [0.15, 0.2) is 0 Å². The highest BCUT2D eigenvalue weighted by atomic mass is 79.9. The first-order valence-electron chi connectivity index (χ1n) is 7.09. The highest BCUT2D eigenvalue weighted by Gasteiger charge is 2.13. The Bertz CT molecular complexity index is 811. The molecule has 5 nitrogen and oxygen atoms in total. The second-order valence-electron chi connectivity index (χ2n) is 4.86. The standard InChI is InChI=1S/C18H14BrN3O2/c19-15-7-4-8-16(10-15)21-12-14(11-20)18(24)22-17(23)9-13-5-2-1-3-6-13/h1-8,10,12,21H,9H2,(H,22,23,24). The zero-order valence-corrected chi connectivity index (χ0v) is 14.2. The Labute approximate surface area is 148 Å². The molecule has 0 atom stereocenters. The van der Waals surface area contributed by atoms with E-state index in [9.17, 15) is 9.59 Å². The predicted molar refractivity (Wildman–Crippen MR) is 94.8 cm³/mol. The first kappa shape index (κ1) is 17.4. The van der Waals surface area contributed by atoms with Gasteiger partial charge in [0.25, 0.3) is 5.91 Å². The lowest BCUT2D eigenvalue weighted by Crippen LogP contribution is -2.32. The molecule has 2 aromatic rings. The highest BCUT2D eigenvalue weighted by Crippen LogP contribution is 2.15. The quantitative estimate of drug-likeness (QED) is 0.613. The van der Waals surface area contributed by atoms with Crippen LogP contribution in [0.5, 0.6) is 0 Å². The minimum absolute atomic E-state index is 0.0738. The number of hydrogen-bond acceptors (Lipinski definition) is 4. The van der Waals surface area contributed by atoms with Crippen molar-refractivity contribution < 1.29 is 9.59 Å². The molecule has 0 saturated heterocycles. The van der Waals surface area contributed by atoms with Crippen LogP contribution in [0.2, 0.25) is 0 Å². The lowest BCUT2D eigenvalue weighted by atomic mass is 10.1. The van der Waals surface area contributed by atoms with E-state index in [0.29, 0.717) is 5.69 Å². The summed E-state index contributed by atoms with van der Waals surface area (Å²) in [5.74, 6) is -1.20. The van der Waals surface area contributed by atoms with Crippen molar-refractivity contribution in [2.24, 2.45) is 0 Å². The Balaban J connectivity index is 1.97. The largest absolute Gasteiger partial charge is 0.360 e. The van der Waals surface area contributed by atoms with E-state index in [4.69, 9.17) is 5.26 Å². The molecule has 24 heavy (non-hydrogen) atoms. The van der Waals surface area contributed by atoms with Crippen LogP contribution in [0.3, 0.4) is 0 Å². The summed E-state index contributed by atoms with van der Waals surface area (Å²) in [6.45, 7) is 0. The van der Waals surface area contributed by atoms with Crippen molar-refractivity contribution in [2.45, 2.75) is 6.42 Å². The average Bonchev–Trinajstić information content (AvgIpc) is 2.56. The molecule has 0 spiro atoms. The molecule has 0 unspecified atom stereocenters. The summed E-state index contributed by atoms with van der Waals surface area (Å²) in [5, 5.41) is 14.2. The Morgan fingerprint density at radius 1 is 1.12 bits per heavy atom. The Morgan fingerprint density at radius 2 is 1.88 bits per heavy atom. The third kappa shape index (κ3) is 5.38. The molecule has 0 aromatic heterocycles. The zero-order valence-electron chi connectivity index (χ0n) is 12.6. The van der Waals surface area contributed by atoms with E-state index in [1.54, 1.807) is 30.3 Å². The second kappa shape index (κ2) is 8.65. The highest BCUT2D eigenvalue weighted by molar-refractivity contribution is 9.10. The molecule has 0 bridgehead atoms. The first-order valence-corrected chi connectivity index (χ1v) is 7.88. The van der Waals surface area contributed by atoms with Crippen molar-refractivity contribution in [3.8, 4) is 6.07 Å². The number of carbonyl (C=O) groups excluding carboxylic acids is 2. The molecule has 2 amide bonds.